The highest BCUT2D eigenvalue weighted by molar-refractivity contribution is 5.19. The molecule has 0 spiro atoms. The monoisotopic (exact) mass is 177 g/mol. The van der Waals surface area contributed by atoms with Gasteiger partial charge in [-0.05, 0) is 18.9 Å². The van der Waals surface area contributed by atoms with Gasteiger partial charge >= 0.3 is 0 Å². The van der Waals surface area contributed by atoms with Gasteiger partial charge in [-0.3, -0.25) is 0 Å². The number of hydrogen-bond donors (Lipinski definition) is 0. The van der Waals surface area contributed by atoms with E-state index in [0.717, 1.165) is 25.2 Å². The van der Waals surface area contributed by atoms with Crippen LogP contribution in [0.5, 0.6) is 5.75 Å². The first-order valence-corrected chi connectivity index (χ1v) is 4.70. The Morgan fingerprint density at radius 3 is 3.08 bits per heavy atom. The lowest BCUT2D eigenvalue weighted by Crippen LogP contribution is -2.24. The number of rotatable bonds is 2. The molecular weight excluding hydrogens is 164 g/mol. The number of para-hydroxylation sites is 1. The molecule has 0 amide bonds. The zero-order chi connectivity index (χ0) is 8.93. The second kappa shape index (κ2) is 4.28. The Morgan fingerprint density at radius 2 is 2.38 bits per heavy atom. The van der Waals surface area contributed by atoms with Gasteiger partial charge in [0.2, 0.25) is 0 Å². The van der Waals surface area contributed by atoms with E-state index in [4.69, 9.17) is 9.47 Å². The van der Waals surface area contributed by atoms with Crippen molar-refractivity contribution in [2.75, 3.05) is 6.61 Å². The number of ether oxygens (including phenoxy) is 2. The Kier molecular flexibility index (Phi) is 2.82. The highest BCUT2D eigenvalue weighted by atomic mass is 16.7. The third kappa shape index (κ3) is 2.46. The highest BCUT2D eigenvalue weighted by Crippen LogP contribution is 2.17. The first kappa shape index (κ1) is 8.57. The highest BCUT2D eigenvalue weighted by Gasteiger charge is 2.14. The van der Waals surface area contributed by atoms with Crippen molar-refractivity contribution in [3.63, 3.8) is 0 Å². The van der Waals surface area contributed by atoms with Crippen LogP contribution in [0.25, 0.3) is 0 Å². The molecule has 1 saturated heterocycles. The van der Waals surface area contributed by atoms with Gasteiger partial charge in [0.1, 0.15) is 5.75 Å². The van der Waals surface area contributed by atoms with E-state index in [1.54, 1.807) is 0 Å². The Morgan fingerprint density at radius 1 is 1.38 bits per heavy atom. The molecule has 1 heterocycles. The molecule has 69 valence electrons. The molecule has 1 aliphatic heterocycles. The molecule has 0 saturated carbocycles. The molecule has 1 unspecified atom stereocenters. The van der Waals surface area contributed by atoms with Gasteiger partial charge in [0, 0.05) is 12.5 Å². The minimum atomic E-state index is -0.0626. The molecule has 2 heteroatoms. The molecule has 0 bridgehead atoms. The second-order valence-corrected chi connectivity index (χ2v) is 3.14. The van der Waals surface area contributed by atoms with Crippen molar-refractivity contribution in [3.8, 4) is 5.75 Å². The summed E-state index contributed by atoms with van der Waals surface area (Å²) in [4.78, 5) is 0. The van der Waals surface area contributed by atoms with Gasteiger partial charge in [0.05, 0.1) is 6.61 Å². The predicted octanol–water partition coefficient (Wildman–Crippen LogP) is 2.39. The summed E-state index contributed by atoms with van der Waals surface area (Å²) >= 11 is 0. The second-order valence-electron chi connectivity index (χ2n) is 3.14. The van der Waals surface area contributed by atoms with Crippen LogP contribution in [0.1, 0.15) is 19.3 Å². The summed E-state index contributed by atoms with van der Waals surface area (Å²) in [6, 6.07) is 10.6. The summed E-state index contributed by atoms with van der Waals surface area (Å²) in [7, 11) is 0. The largest absolute Gasteiger partial charge is 0.464 e. The van der Waals surface area contributed by atoms with Crippen LogP contribution >= 0.6 is 0 Å². The van der Waals surface area contributed by atoms with Crippen LogP contribution in [0, 0.1) is 6.07 Å². The summed E-state index contributed by atoms with van der Waals surface area (Å²) in [5.41, 5.74) is 0. The average molecular weight is 177 g/mol. The minimum Gasteiger partial charge on any atom is -0.464 e. The van der Waals surface area contributed by atoms with Gasteiger partial charge in [-0.15, -0.1) is 0 Å². The number of benzene rings is 1. The Hall–Kier alpha value is -1.02. The Bertz CT molecular complexity index is 240. The summed E-state index contributed by atoms with van der Waals surface area (Å²) in [6.07, 6.45) is 3.27. The van der Waals surface area contributed by atoms with Gasteiger partial charge in [-0.25, -0.2) is 0 Å². The van der Waals surface area contributed by atoms with Crippen molar-refractivity contribution >= 4 is 0 Å². The molecule has 13 heavy (non-hydrogen) atoms. The molecule has 0 aliphatic carbocycles. The molecule has 1 aliphatic rings. The van der Waals surface area contributed by atoms with Gasteiger partial charge in [0.25, 0.3) is 0 Å². The van der Waals surface area contributed by atoms with Crippen molar-refractivity contribution in [2.24, 2.45) is 0 Å². The molecule has 2 nitrogen and oxygen atoms in total. The Labute approximate surface area is 78.5 Å². The van der Waals surface area contributed by atoms with Crippen LogP contribution in [-0.2, 0) is 4.74 Å². The van der Waals surface area contributed by atoms with E-state index >= 15 is 0 Å². The SMILES string of the molecule is [c]1ccccc1OC1CCCCO1. The van der Waals surface area contributed by atoms with E-state index < -0.39 is 0 Å². The summed E-state index contributed by atoms with van der Waals surface area (Å²) in [5, 5.41) is 0. The zero-order valence-electron chi connectivity index (χ0n) is 7.53. The maximum atomic E-state index is 5.58. The topological polar surface area (TPSA) is 18.5 Å². The molecule has 1 aromatic carbocycles. The predicted molar refractivity (Wildman–Crippen MR) is 49.5 cm³/mol. The fraction of sp³-hybridized carbons (Fsp3) is 0.455. The molecule has 2 rings (SSSR count). The van der Waals surface area contributed by atoms with Crippen LogP contribution in [-0.4, -0.2) is 12.9 Å². The molecule has 1 aromatic rings. The fourth-order valence-electron chi connectivity index (χ4n) is 1.40. The van der Waals surface area contributed by atoms with Gasteiger partial charge in [-0.2, -0.15) is 0 Å². The summed E-state index contributed by atoms with van der Waals surface area (Å²) < 4.78 is 11.0. The third-order valence-corrected chi connectivity index (χ3v) is 2.08. The summed E-state index contributed by atoms with van der Waals surface area (Å²) in [5.74, 6) is 0.773. The van der Waals surface area contributed by atoms with E-state index in [1.165, 1.54) is 6.42 Å². The number of hydrogen-bond acceptors (Lipinski definition) is 2. The molecular formula is C11H13O2. The van der Waals surface area contributed by atoms with Crippen LogP contribution in [0.3, 0.4) is 0 Å². The first-order valence-electron chi connectivity index (χ1n) is 4.70. The van der Waals surface area contributed by atoms with Crippen molar-refractivity contribution in [3.05, 3.63) is 30.3 Å². The average Bonchev–Trinajstić information content (AvgIpc) is 2.21. The molecule has 1 radical (unpaired) electrons. The lowest BCUT2D eigenvalue weighted by molar-refractivity contribution is -0.106. The van der Waals surface area contributed by atoms with Crippen LogP contribution < -0.4 is 4.74 Å². The van der Waals surface area contributed by atoms with Gasteiger partial charge in [0.15, 0.2) is 6.29 Å². The standard InChI is InChI=1S/C11H13O2/c1-2-6-10(7-3-1)13-11-8-4-5-9-12-11/h1-3,6,11H,4-5,8-9H2. The molecule has 1 atom stereocenters. The maximum absolute atomic E-state index is 5.58. The van der Waals surface area contributed by atoms with Gasteiger partial charge < -0.3 is 9.47 Å². The summed E-state index contributed by atoms with van der Waals surface area (Å²) in [6.45, 7) is 0.817. The Balaban J connectivity index is 1.90. The quantitative estimate of drug-likeness (QED) is 0.690. The third-order valence-electron chi connectivity index (χ3n) is 2.08. The minimum absolute atomic E-state index is 0.0626. The van der Waals surface area contributed by atoms with Crippen LogP contribution in [0.15, 0.2) is 24.3 Å². The van der Waals surface area contributed by atoms with Crippen molar-refractivity contribution in [2.45, 2.75) is 25.6 Å². The first-order chi connectivity index (χ1) is 6.45. The van der Waals surface area contributed by atoms with E-state index in [-0.39, 0.29) is 6.29 Å². The lowest BCUT2D eigenvalue weighted by atomic mass is 10.2. The lowest BCUT2D eigenvalue weighted by Gasteiger charge is -2.23. The van der Waals surface area contributed by atoms with Crippen LogP contribution in [0.4, 0.5) is 0 Å². The molecule has 0 N–H and O–H groups in total. The maximum Gasteiger partial charge on any atom is 0.199 e. The van der Waals surface area contributed by atoms with Gasteiger partial charge in [-0.1, -0.05) is 18.2 Å². The smallest absolute Gasteiger partial charge is 0.199 e. The molecule has 0 aromatic heterocycles. The normalized spacial score (nSPS) is 22.6. The van der Waals surface area contributed by atoms with E-state index in [2.05, 4.69) is 6.07 Å². The van der Waals surface area contributed by atoms with Crippen molar-refractivity contribution in [1.29, 1.82) is 0 Å². The van der Waals surface area contributed by atoms with E-state index in [1.807, 2.05) is 24.3 Å². The van der Waals surface area contributed by atoms with Crippen LogP contribution in [0.2, 0.25) is 0 Å². The fourth-order valence-corrected chi connectivity index (χ4v) is 1.40. The molecule has 1 fully saturated rings. The van der Waals surface area contributed by atoms with E-state index in [9.17, 15) is 0 Å². The zero-order valence-corrected chi connectivity index (χ0v) is 7.53. The van der Waals surface area contributed by atoms with Crippen molar-refractivity contribution in [1.82, 2.24) is 0 Å². The van der Waals surface area contributed by atoms with Crippen molar-refractivity contribution < 1.29 is 9.47 Å². The van der Waals surface area contributed by atoms with E-state index in [0.29, 0.717) is 0 Å².